The van der Waals surface area contributed by atoms with Gasteiger partial charge in [0.05, 0.1) is 6.54 Å². The molecule has 25 nitrogen and oxygen atoms in total. The average molecular weight is 954 g/mol. The van der Waals surface area contributed by atoms with Crippen LogP contribution in [0.1, 0.15) is 76.7 Å². The lowest BCUT2D eigenvalue weighted by atomic mass is 10.0. The van der Waals surface area contributed by atoms with E-state index in [1.54, 1.807) is 30.3 Å². The van der Waals surface area contributed by atoms with Gasteiger partial charge in [0.1, 0.15) is 48.8 Å². The molecule has 3 aliphatic heterocycles. The van der Waals surface area contributed by atoms with Crippen LogP contribution in [0.15, 0.2) is 40.3 Å². The Bertz CT molecular complexity index is 2030. The van der Waals surface area contributed by atoms with Crippen molar-refractivity contribution in [3.05, 3.63) is 35.9 Å². The van der Waals surface area contributed by atoms with E-state index in [4.69, 9.17) is 33.8 Å². The van der Waals surface area contributed by atoms with Crippen LogP contribution in [-0.4, -0.2) is 173 Å². The van der Waals surface area contributed by atoms with E-state index >= 15 is 0 Å². The number of carboxylic acid groups (broad SMARTS) is 1. The Morgan fingerprint density at radius 3 is 1.68 bits per heavy atom. The molecule has 0 aromatic heterocycles. The van der Waals surface area contributed by atoms with Crippen LogP contribution in [0, 0.1) is 0 Å². The number of rotatable bonds is 24. The van der Waals surface area contributed by atoms with Crippen molar-refractivity contribution in [2.75, 3.05) is 45.8 Å². The Labute approximate surface area is 394 Å². The number of nitrogens with one attached hydrogen (secondary N) is 5. The predicted molar refractivity (Wildman–Crippen MR) is 247 cm³/mol. The Hall–Kier alpha value is -7.05. The number of hydrogen-bond donors (Lipinski definition) is 11. The van der Waals surface area contributed by atoms with Gasteiger partial charge in [-0.15, -0.1) is 0 Å². The second kappa shape index (κ2) is 26.3. The summed E-state index contributed by atoms with van der Waals surface area (Å²) in [5.41, 5.74) is 28.3. The minimum Gasteiger partial charge on any atom is -0.480 e. The normalized spacial score (nSPS) is 19.4. The predicted octanol–water partition coefficient (Wildman–Crippen LogP) is -4.57. The van der Waals surface area contributed by atoms with Gasteiger partial charge >= 0.3 is 5.97 Å². The largest absolute Gasteiger partial charge is 0.480 e. The van der Waals surface area contributed by atoms with Crippen molar-refractivity contribution >= 4 is 65.1 Å². The number of amides is 8. The van der Waals surface area contributed by atoms with Crippen molar-refractivity contribution in [2.24, 2.45) is 38.7 Å². The van der Waals surface area contributed by atoms with Crippen LogP contribution < -0.4 is 55.3 Å². The first-order valence-electron chi connectivity index (χ1n) is 22.9. The topological polar surface area (TPSA) is 399 Å². The molecular formula is C43H67N15O10. The second-order valence-electron chi connectivity index (χ2n) is 16.9. The highest BCUT2D eigenvalue weighted by Crippen LogP contribution is 2.23. The maximum atomic E-state index is 14.6. The van der Waals surface area contributed by atoms with Gasteiger partial charge in [0.25, 0.3) is 0 Å². The molecule has 0 spiro atoms. The molecule has 0 aliphatic carbocycles. The maximum Gasteiger partial charge on any atom is 0.322 e. The van der Waals surface area contributed by atoms with E-state index in [0.29, 0.717) is 44.2 Å². The molecule has 3 heterocycles. The van der Waals surface area contributed by atoms with Crippen LogP contribution in [0.3, 0.4) is 0 Å². The first-order chi connectivity index (χ1) is 32.4. The number of carboxylic acids is 1. The zero-order valence-corrected chi connectivity index (χ0v) is 38.4. The standard InChI is InChI=1S/C43H67N15O10/c1-25(52-38(65)31-15-7-19-56(31)33(59)23-44)35(62)53-27(12-5-17-49-42(45)46)36(63)54-28(13-6-18-50-43(47)48)40(67)58-21-9-16-32(58)39(66)55-29(22-26-10-3-2-4-11-26)41(68)57-20-8-14-30(57)37(64)51-24-34(60)61/h2-4,10-11,25,27-32H,5-9,12-24,44H2,1H3,(H,51,64)(H,52,65)(H,53,62)(H,54,63)(H,55,66)(H,60,61)(H4,45,46,49)(H4,47,48,50)/t25-,27-,28-,29-,30-,31-,32-/m0/s1. The van der Waals surface area contributed by atoms with E-state index in [1.807, 2.05) is 0 Å². The molecule has 0 unspecified atom stereocenters. The van der Waals surface area contributed by atoms with Gasteiger partial charge in [0.2, 0.25) is 47.3 Å². The molecule has 68 heavy (non-hydrogen) atoms. The summed E-state index contributed by atoms with van der Waals surface area (Å²) >= 11 is 0. The summed E-state index contributed by atoms with van der Waals surface area (Å²) in [5, 5.41) is 22.3. The molecule has 0 bridgehead atoms. The lowest BCUT2D eigenvalue weighted by Crippen LogP contribution is -2.60. The molecule has 0 saturated carbocycles. The van der Waals surface area contributed by atoms with Crippen molar-refractivity contribution < 1.29 is 48.3 Å². The number of nitrogens with two attached hydrogens (primary N) is 5. The van der Waals surface area contributed by atoms with Gasteiger partial charge in [-0.2, -0.15) is 0 Å². The maximum absolute atomic E-state index is 14.6. The van der Waals surface area contributed by atoms with Gasteiger partial charge in [0, 0.05) is 39.1 Å². The highest BCUT2D eigenvalue weighted by molar-refractivity contribution is 5.98. The lowest BCUT2D eigenvalue weighted by Gasteiger charge is -2.32. The van der Waals surface area contributed by atoms with Crippen LogP contribution in [-0.2, 0) is 49.6 Å². The first kappa shape index (κ1) is 53.6. The van der Waals surface area contributed by atoms with Crippen molar-refractivity contribution in [3.8, 4) is 0 Å². The average Bonchev–Trinajstić information content (AvgIpc) is 4.12. The van der Waals surface area contributed by atoms with Crippen molar-refractivity contribution in [3.63, 3.8) is 0 Å². The fraction of sp³-hybridized carbons (Fsp3) is 0.605. The molecule has 8 amide bonds. The molecule has 374 valence electrons. The van der Waals surface area contributed by atoms with Crippen LogP contribution in [0.25, 0.3) is 0 Å². The quantitative estimate of drug-likeness (QED) is 0.0264. The van der Waals surface area contributed by atoms with Gasteiger partial charge in [-0.25, -0.2) is 0 Å². The number of carbonyl (C=O) groups is 9. The van der Waals surface area contributed by atoms with Crippen LogP contribution >= 0.6 is 0 Å². The summed E-state index contributed by atoms with van der Waals surface area (Å²) in [4.78, 5) is 132. The number of nitrogens with zero attached hydrogens (tertiary/aromatic N) is 5. The SMILES string of the molecule is C[C@H](NC(=O)[C@@H]1CCCN1C(=O)CN)C(=O)N[C@@H](CCCN=C(N)N)C(=O)N[C@@H](CCCN=C(N)N)C(=O)N1CCC[C@H]1C(=O)N[C@@H](Cc1ccccc1)C(=O)N1CCC[C@H]1C(=O)NCC(=O)O. The highest BCUT2D eigenvalue weighted by atomic mass is 16.4. The Balaban J connectivity index is 1.54. The van der Waals surface area contributed by atoms with Gasteiger partial charge in [-0.05, 0) is 76.7 Å². The van der Waals surface area contributed by atoms with Gasteiger partial charge in [-0.3, -0.25) is 53.1 Å². The Morgan fingerprint density at radius 2 is 1.13 bits per heavy atom. The van der Waals surface area contributed by atoms with Gasteiger partial charge in [-0.1, -0.05) is 30.3 Å². The van der Waals surface area contributed by atoms with Crippen molar-refractivity contribution in [1.29, 1.82) is 0 Å². The van der Waals surface area contributed by atoms with Crippen molar-refractivity contribution in [2.45, 2.75) is 120 Å². The Kier molecular flexibility index (Phi) is 20.7. The molecule has 3 fully saturated rings. The first-order valence-corrected chi connectivity index (χ1v) is 22.9. The zero-order chi connectivity index (χ0) is 49.9. The number of benzene rings is 1. The molecule has 16 N–H and O–H groups in total. The van der Waals surface area contributed by atoms with Gasteiger partial charge in [0.15, 0.2) is 11.9 Å². The Morgan fingerprint density at radius 1 is 0.647 bits per heavy atom. The van der Waals surface area contributed by atoms with Crippen LogP contribution in [0.5, 0.6) is 0 Å². The molecule has 1 aromatic rings. The summed E-state index contributed by atoms with van der Waals surface area (Å²) in [5.74, 6) is -6.54. The van der Waals surface area contributed by atoms with E-state index in [2.05, 4.69) is 36.6 Å². The fourth-order valence-electron chi connectivity index (χ4n) is 8.54. The molecule has 4 rings (SSSR count). The molecular weight excluding hydrogens is 887 g/mol. The van der Waals surface area contributed by atoms with E-state index in [0.717, 1.165) is 0 Å². The van der Waals surface area contributed by atoms with Crippen molar-refractivity contribution in [1.82, 2.24) is 41.3 Å². The minimum absolute atomic E-state index is 0.00212. The monoisotopic (exact) mass is 954 g/mol. The number of aliphatic imine (C=N–C) groups is 2. The van der Waals surface area contributed by atoms with Gasteiger partial charge < -0.3 is 75.1 Å². The minimum atomic E-state index is -1.27. The number of guanidine groups is 2. The number of aliphatic carboxylic acids is 1. The van der Waals surface area contributed by atoms with E-state index < -0.39 is 102 Å². The fourth-order valence-corrected chi connectivity index (χ4v) is 8.54. The summed E-state index contributed by atoms with van der Waals surface area (Å²) in [6.07, 6.45) is 2.79. The summed E-state index contributed by atoms with van der Waals surface area (Å²) in [6, 6.07) is 1.17. The summed E-state index contributed by atoms with van der Waals surface area (Å²) in [7, 11) is 0. The molecule has 1 aromatic carbocycles. The third kappa shape index (κ3) is 15.8. The molecule has 3 saturated heterocycles. The number of hydrogen-bond acceptors (Lipinski definition) is 12. The molecule has 25 heteroatoms. The van der Waals surface area contributed by atoms with E-state index in [9.17, 15) is 43.2 Å². The summed E-state index contributed by atoms with van der Waals surface area (Å²) < 4.78 is 0. The second-order valence-corrected chi connectivity index (χ2v) is 16.9. The molecule has 3 aliphatic rings. The van der Waals surface area contributed by atoms with E-state index in [1.165, 1.54) is 21.6 Å². The zero-order valence-electron chi connectivity index (χ0n) is 38.4. The van der Waals surface area contributed by atoms with E-state index in [-0.39, 0.29) is 83.2 Å². The molecule has 0 radical (unpaired) electrons. The highest BCUT2D eigenvalue weighted by Gasteiger charge is 2.42. The number of likely N-dealkylation sites (tertiary alicyclic amines) is 3. The molecule has 7 atom stereocenters. The summed E-state index contributed by atoms with van der Waals surface area (Å²) in [6.45, 7) is 1.35. The van der Waals surface area contributed by atoms with Crippen LogP contribution in [0.2, 0.25) is 0 Å². The third-order valence-corrected chi connectivity index (χ3v) is 11.9. The van der Waals surface area contributed by atoms with Crippen LogP contribution in [0.4, 0.5) is 0 Å². The third-order valence-electron chi connectivity index (χ3n) is 11.9. The smallest absolute Gasteiger partial charge is 0.322 e. The number of carbonyl (C=O) groups excluding carboxylic acids is 8. The lowest BCUT2D eigenvalue weighted by molar-refractivity contribution is -0.145.